The van der Waals surface area contributed by atoms with E-state index in [9.17, 15) is 4.79 Å². The fraction of sp³-hybridized carbons (Fsp3) is 0.917. The van der Waals surface area contributed by atoms with Crippen LogP contribution in [0, 0.1) is 11.3 Å². The number of hydrogen-bond donors (Lipinski definition) is 1. The lowest BCUT2D eigenvalue weighted by molar-refractivity contribution is -0.156. The van der Waals surface area contributed by atoms with Crippen LogP contribution in [-0.4, -0.2) is 23.3 Å². The first-order valence-electron chi connectivity index (χ1n) is 5.68. The van der Waals surface area contributed by atoms with Gasteiger partial charge < -0.3 is 9.84 Å². The number of carboxylic acids is 1. The second kappa shape index (κ2) is 4.52. The number of ether oxygens (including phenoxy) is 1. The van der Waals surface area contributed by atoms with E-state index in [0.717, 1.165) is 12.8 Å². The summed E-state index contributed by atoms with van der Waals surface area (Å²) in [4.78, 5) is 10.7. The molecular weight excluding hydrogens is 192 g/mol. The average molecular weight is 214 g/mol. The molecule has 3 atom stereocenters. The molecule has 2 unspecified atom stereocenters. The van der Waals surface area contributed by atoms with Crippen LogP contribution in [0.2, 0.25) is 0 Å². The first-order chi connectivity index (χ1) is 6.80. The standard InChI is InChI=1S/C12H22O3/c1-8-5-10(7-12(3,4)6-8)15-9(2)11(13)14/h8-10H,5-7H2,1-4H3,(H,13,14)/t8?,9-,10?/m0/s1. The first-order valence-corrected chi connectivity index (χ1v) is 5.68. The topological polar surface area (TPSA) is 46.5 Å². The van der Waals surface area contributed by atoms with Crippen LogP contribution < -0.4 is 0 Å². The van der Waals surface area contributed by atoms with Crippen LogP contribution in [0.1, 0.15) is 47.0 Å². The summed E-state index contributed by atoms with van der Waals surface area (Å²) in [5, 5.41) is 8.78. The van der Waals surface area contributed by atoms with Crippen LogP contribution in [0.25, 0.3) is 0 Å². The molecule has 0 aromatic heterocycles. The van der Waals surface area contributed by atoms with Gasteiger partial charge in [-0.2, -0.15) is 0 Å². The third kappa shape index (κ3) is 3.82. The molecule has 3 nitrogen and oxygen atoms in total. The van der Waals surface area contributed by atoms with Gasteiger partial charge >= 0.3 is 5.97 Å². The average Bonchev–Trinajstić information content (AvgIpc) is 1.99. The lowest BCUT2D eigenvalue weighted by Gasteiger charge is -2.39. The van der Waals surface area contributed by atoms with Crippen molar-refractivity contribution in [2.45, 2.75) is 59.2 Å². The lowest BCUT2D eigenvalue weighted by Crippen LogP contribution is -2.36. The summed E-state index contributed by atoms with van der Waals surface area (Å²) in [6.45, 7) is 8.27. The monoisotopic (exact) mass is 214 g/mol. The molecule has 0 aromatic rings. The van der Waals surface area contributed by atoms with Gasteiger partial charge in [-0.25, -0.2) is 4.79 Å². The molecule has 0 aromatic carbocycles. The maximum atomic E-state index is 10.7. The molecule has 1 aliphatic rings. The van der Waals surface area contributed by atoms with Crippen LogP contribution in [0.15, 0.2) is 0 Å². The highest BCUT2D eigenvalue weighted by Gasteiger charge is 2.33. The van der Waals surface area contributed by atoms with Crippen LogP contribution in [0.3, 0.4) is 0 Å². The number of carbonyl (C=O) groups is 1. The Morgan fingerprint density at radius 2 is 2.07 bits per heavy atom. The van der Waals surface area contributed by atoms with Crippen molar-refractivity contribution in [2.75, 3.05) is 0 Å². The Labute approximate surface area is 91.8 Å². The Balaban J connectivity index is 2.52. The first kappa shape index (κ1) is 12.5. The van der Waals surface area contributed by atoms with Crippen LogP contribution in [0.5, 0.6) is 0 Å². The minimum atomic E-state index is -0.869. The predicted molar refractivity (Wildman–Crippen MR) is 58.8 cm³/mol. The molecule has 1 rings (SSSR count). The predicted octanol–water partition coefficient (Wildman–Crippen LogP) is 2.69. The summed E-state index contributed by atoms with van der Waals surface area (Å²) < 4.78 is 5.56. The second-order valence-electron chi connectivity index (χ2n) is 5.65. The van der Waals surface area contributed by atoms with Gasteiger partial charge in [0.1, 0.15) is 0 Å². The smallest absolute Gasteiger partial charge is 0.332 e. The van der Waals surface area contributed by atoms with Gasteiger partial charge in [-0.1, -0.05) is 20.8 Å². The van der Waals surface area contributed by atoms with Gasteiger partial charge in [0.05, 0.1) is 6.10 Å². The summed E-state index contributed by atoms with van der Waals surface area (Å²) >= 11 is 0. The summed E-state index contributed by atoms with van der Waals surface area (Å²) in [6, 6.07) is 0. The molecule has 15 heavy (non-hydrogen) atoms. The summed E-state index contributed by atoms with van der Waals surface area (Å²) in [5.41, 5.74) is 0.278. The van der Waals surface area contributed by atoms with E-state index < -0.39 is 12.1 Å². The van der Waals surface area contributed by atoms with Gasteiger partial charge in [0.15, 0.2) is 6.10 Å². The number of hydrogen-bond acceptors (Lipinski definition) is 2. The molecule has 1 aliphatic carbocycles. The molecule has 1 saturated carbocycles. The Morgan fingerprint density at radius 1 is 1.47 bits per heavy atom. The summed E-state index contributed by atoms with van der Waals surface area (Å²) in [7, 11) is 0. The van der Waals surface area contributed by atoms with Gasteiger partial charge in [-0.15, -0.1) is 0 Å². The third-order valence-corrected chi connectivity index (χ3v) is 3.09. The summed E-state index contributed by atoms with van der Waals surface area (Å²) in [6.07, 6.45) is 2.58. The molecule has 1 N–H and O–H groups in total. The molecule has 0 aliphatic heterocycles. The van der Waals surface area contributed by atoms with Gasteiger partial charge in [0.25, 0.3) is 0 Å². The van der Waals surface area contributed by atoms with Gasteiger partial charge in [-0.3, -0.25) is 0 Å². The molecule has 0 saturated heterocycles. The van der Waals surface area contributed by atoms with Gasteiger partial charge in [0, 0.05) is 0 Å². The number of carboxylic acid groups (broad SMARTS) is 1. The Bertz CT molecular complexity index is 235. The Hall–Kier alpha value is -0.570. The zero-order valence-corrected chi connectivity index (χ0v) is 10.1. The maximum Gasteiger partial charge on any atom is 0.332 e. The largest absolute Gasteiger partial charge is 0.479 e. The van der Waals surface area contributed by atoms with E-state index >= 15 is 0 Å². The normalized spacial score (nSPS) is 32.3. The molecule has 0 radical (unpaired) electrons. The molecule has 1 fully saturated rings. The van der Waals surface area contributed by atoms with E-state index in [1.54, 1.807) is 6.92 Å². The number of rotatable bonds is 3. The molecular formula is C12H22O3. The fourth-order valence-corrected chi connectivity index (χ4v) is 2.71. The van der Waals surface area contributed by atoms with Crippen molar-refractivity contribution in [1.29, 1.82) is 0 Å². The zero-order chi connectivity index (χ0) is 11.6. The van der Waals surface area contributed by atoms with Crippen molar-refractivity contribution >= 4 is 5.97 Å². The van der Waals surface area contributed by atoms with Crippen molar-refractivity contribution in [3.63, 3.8) is 0 Å². The van der Waals surface area contributed by atoms with E-state index in [1.807, 2.05) is 0 Å². The van der Waals surface area contributed by atoms with Crippen molar-refractivity contribution in [3.8, 4) is 0 Å². The Kier molecular flexibility index (Phi) is 3.77. The molecule has 0 amide bonds. The van der Waals surface area contributed by atoms with E-state index in [-0.39, 0.29) is 11.5 Å². The van der Waals surface area contributed by atoms with Crippen molar-refractivity contribution in [1.82, 2.24) is 0 Å². The van der Waals surface area contributed by atoms with Gasteiger partial charge in [-0.05, 0) is 37.5 Å². The number of aliphatic carboxylic acids is 1. The molecule has 0 bridgehead atoms. The quantitative estimate of drug-likeness (QED) is 0.785. The molecule has 0 heterocycles. The van der Waals surface area contributed by atoms with E-state index in [1.165, 1.54) is 6.42 Å². The van der Waals surface area contributed by atoms with E-state index in [2.05, 4.69) is 20.8 Å². The zero-order valence-electron chi connectivity index (χ0n) is 10.1. The molecule has 0 spiro atoms. The summed E-state index contributed by atoms with van der Waals surface area (Å²) in [5.74, 6) is -0.245. The van der Waals surface area contributed by atoms with Crippen molar-refractivity contribution in [3.05, 3.63) is 0 Å². The van der Waals surface area contributed by atoms with Crippen LogP contribution in [0.4, 0.5) is 0 Å². The SMILES string of the molecule is CC1CC(O[C@@H](C)C(=O)O)CC(C)(C)C1. The third-order valence-electron chi connectivity index (χ3n) is 3.09. The van der Waals surface area contributed by atoms with E-state index in [0.29, 0.717) is 5.92 Å². The minimum Gasteiger partial charge on any atom is -0.479 e. The Morgan fingerprint density at radius 3 is 2.53 bits per heavy atom. The van der Waals surface area contributed by atoms with Gasteiger partial charge in [0.2, 0.25) is 0 Å². The minimum absolute atomic E-state index is 0.106. The highest BCUT2D eigenvalue weighted by molar-refractivity contribution is 5.71. The highest BCUT2D eigenvalue weighted by atomic mass is 16.5. The molecule has 3 heteroatoms. The van der Waals surface area contributed by atoms with E-state index in [4.69, 9.17) is 9.84 Å². The van der Waals surface area contributed by atoms with Crippen molar-refractivity contribution < 1.29 is 14.6 Å². The second-order valence-corrected chi connectivity index (χ2v) is 5.65. The maximum absolute atomic E-state index is 10.7. The molecule has 88 valence electrons. The fourth-order valence-electron chi connectivity index (χ4n) is 2.71. The van der Waals surface area contributed by atoms with Crippen molar-refractivity contribution in [2.24, 2.45) is 11.3 Å². The lowest BCUT2D eigenvalue weighted by atomic mass is 9.71. The van der Waals surface area contributed by atoms with Crippen LogP contribution >= 0.6 is 0 Å². The highest BCUT2D eigenvalue weighted by Crippen LogP contribution is 2.39. The van der Waals surface area contributed by atoms with Crippen LogP contribution in [-0.2, 0) is 9.53 Å².